The number of nitrogens with zero attached hydrogens (tertiary/aromatic N) is 1. The summed E-state index contributed by atoms with van der Waals surface area (Å²) in [5.74, 6) is 0.612. The van der Waals surface area contributed by atoms with Crippen molar-refractivity contribution in [2.45, 2.75) is 25.3 Å². The number of hydrogen-bond donors (Lipinski definition) is 2. The van der Waals surface area contributed by atoms with E-state index in [2.05, 4.69) is 15.6 Å². The van der Waals surface area contributed by atoms with Gasteiger partial charge in [0.25, 0.3) is 0 Å². The van der Waals surface area contributed by atoms with Crippen LogP contribution >= 0.6 is 35.3 Å². The Labute approximate surface area is 156 Å². The number of carbonyl (C=O) groups excluding carboxylic acids is 1. The molecular formula is C16H19Cl2N3O2S. The maximum atomic E-state index is 12.2. The molecule has 0 bridgehead atoms. The van der Waals surface area contributed by atoms with Crippen LogP contribution in [-0.4, -0.2) is 30.6 Å². The highest BCUT2D eigenvalue weighted by molar-refractivity contribution is 7.14. The van der Waals surface area contributed by atoms with Crippen LogP contribution in [0.1, 0.15) is 19.3 Å². The van der Waals surface area contributed by atoms with E-state index in [0.29, 0.717) is 15.9 Å². The molecule has 0 aliphatic carbocycles. The molecule has 8 heteroatoms. The summed E-state index contributed by atoms with van der Waals surface area (Å²) in [6.45, 7) is 0.894. The first-order valence-corrected chi connectivity index (χ1v) is 8.77. The Morgan fingerprint density at radius 3 is 2.96 bits per heavy atom. The van der Waals surface area contributed by atoms with Crippen LogP contribution in [0.2, 0.25) is 5.02 Å². The second-order valence-electron chi connectivity index (χ2n) is 5.38. The average molecular weight is 388 g/mol. The number of benzene rings is 1. The summed E-state index contributed by atoms with van der Waals surface area (Å²) in [7, 11) is 1.58. The van der Waals surface area contributed by atoms with Gasteiger partial charge in [0.15, 0.2) is 5.13 Å². The SMILES string of the molecule is COc1ccc(-c2csc(NC(=O)C3CCCCN3)n2)cc1Cl.Cl. The van der Waals surface area contributed by atoms with Gasteiger partial charge in [0, 0.05) is 10.9 Å². The summed E-state index contributed by atoms with van der Waals surface area (Å²) in [6.07, 6.45) is 3.08. The second kappa shape index (κ2) is 8.67. The summed E-state index contributed by atoms with van der Waals surface area (Å²) >= 11 is 7.55. The Hall–Kier alpha value is -1.34. The molecule has 0 spiro atoms. The number of nitrogens with one attached hydrogen (secondary N) is 2. The van der Waals surface area contributed by atoms with Gasteiger partial charge in [-0.1, -0.05) is 18.0 Å². The highest BCUT2D eigenvalue weighted by Crippen LogP contribution is 2.31. The van der Waals surface area contributed by atoms with Crippen molar-refractivity contribution in [3.05, 3.63) is 28.6 Å². The van der Waals surface area contributed by atoms with Crippen molar-refractivity contribution in [2.75, 3.05) is 19.0 Å². The highest BCUT2D eigenvalue weighted by Gasteiger charge is 2.21. The third kappa shape index (κ3) is 4.39. The Balaban J connectivity index is 0.00000208. The number of hydrogen-bond acceptors (Lipinski definition) is 5. The van der Waals surface area contributed by atoms with Crippen LogP contribution < -0.4 is 15.4 Å². The fourth-order valence-electron chi connectivity index (χ4n) is 2.56. The summed E-state index contributed by atoms with van der Waals surface area (Å²) in [5, 5.41) is 9.16. The normalized spacial score (nSPS) is 17.0. The number of thiazole rings is 1. The number of aromatic nitrogens is 1. The van der Waals surface area contributed by atoms with E-state index in [0.717, 1.165) is 37.1 Å². The second-order valence-corrected chi connectivity index (χ2v) is 6.64. The standard InChI is InChI=1S/C16H18ClN3O2S.ClH/c1-22-14-6-5-10(8-11(14)17)13-9-23-16(19-13)20-15(21)12-4-2-3-7-18-12;/h5-6,8-9,12,18H,2-4,7H2,1H3,(H,19,20,21);1H. The van der Waals surface area contributed by atoms with Crippen molar-refractivity contribution in [1.29, 1.82) is 0 Å². The fourth-order valence-corrected chi connectivity index (χ4v) is 3.54. The van der Waals surface area contributed by atoms with Gasteiger partial charge in [0.2, 0.25) is 5.91 Å². The largest absolute Gasteiger partial charge is 0.495 e. The van der Waals surface area contributed by atoms with Crippen LogP contribution in [0.4, 0.5) is 5.13 Å². The topological polar surface area (TPSA) is 63.2 Å². The van der Waals surface area contributed by atoms with Crippen LogP contribution in [0, 0.1) is 0 Å². The van der Waals surface area contributed by atoms with Crippen molar-refractivity contribution >= 4 is 46.4 Å². The molecule has 1 aliphatic rings. The smallest absolute Gasteiger partial charge is 0.243 e. The maximum absolute atomic E-state index is 12.2. The summed E-state index contributed by atoms with van der Waals surface area (Å²) in [6, 6.07) is 5.39. The quantitative estimate of drug-likeness (QED) is 0.832. The van der Waals surface area contributed by atoms with E-state index in [4.69, 9.17) is 16.3 Å². The fraction of sp³-hybridized carbons (Fsp3) is 0.375. The third-order valence-corrected chi connectivity index (χ3v) is 4.86. The Kier molecular flexibility index (Phi) is 6.86. The van der Waals surface area contributed by atoms with Gasteiger partial charge < -0.3 is 15.4 Å². The number of carbonyl (C=O) groups is 1. The van der Waals surface area contributed by atoms with Crippen LogP contribution in [-0.2, 0) is 4.79 Å². The molecule has 1 saturated heterocycles. The average Bonchev–Trinajstić information content (AvgIpc) is 3.04. The number of rotatable bonds is 4. The molecule has 2 heterocycles. The van der Waals surface area contributed by atoms with Crippen molar-refractivity contribution in [2.24, 2.45) is 0 Å². The van der Waals surface area contributed by atoms with Crippen LogP contribution in [0.5, 0.6) is 5.75 Å². The molecule has 1 aromatic carbocycles. The zero-order valence-electron chi connectivity index (χ0n) is 13.2. The van der Waals surface area contributed by atoms with E-state index < -0.39 is 0 Å². The molecule has 3 rings (SSSR count). The molecule has 0 saturated carbocycles. The molecule has 1 atom stereocenters. The van der Waals surface area contributed by atoms with E-state index in [1.165, 1.54) is 11.3 Å². The molecule has 2 N–H and O–H groups in total. The van der Waals surface area contributed by atoms with Crippen molar-refractivity contribution in [3.8, 4) is 17.0 Å². The number of amides is 1. The molecule has 130 valence electrons. The lowest BCUT2D eigenvalue weighted by Crippen LogP contribution is -2.43. The maximum Gasteiger partial charge on any atom is 0.243 e. The lowest BCUT2D eigenvalue weighted by atomic mass is 10.0. The van der Waals surface area contributed by atoms with Crippen molar-refractivity contribution in [1.82, 2.24) is 10.3 Å². The first-order chi connectivity index (χ1) is 11.2. The minimum atomic E-state index is -0.119. The van der Waals surface area contributed by atoms with E-state index in [1.807, 2.05) is 17.5 Å². The molecule has 1 unspecified atom stereocenters. The van der Waals surface area contributed by atoms with Crippen molar-refractivity contribution < 1.29 is 9.53 Å². The minimum Gasteiger partial charge on any atom is -0.495 e. The predicted octanol–water partition coefficient (Wildman–Crippen LogP) is 3.97. The third-order valence-electron chi connectivity index (χ3n) is 3.81. The summed E-state index contributed by atoms with van der Waals surface area (Å²) in [4.78, 5) is 16.7. The molecule has 24 heavy (non-hydrogen) atoms. The Bertz CT molecular complexity index is 702. The minimum absolute atomic E-state index is 0. The predicted molar refractivity (Wildman–Crippen MR) is 101 cm³/mol. The zero-order chi connectivity index (χ0) is 16.2. The van der Waals surface area contributed by atoms with E-state index in [-0.39, 0.29) is 24.4 Å². The monoisotopic (exact) mass is 387 g/mol. The van der Waals surface area contributed by atoms with Gasteiger partial charge in [-0.2, -0.15) is 0 Å². The van der Waals surface area contributed by atoms with Crippen LogP contribution in [0.15, 0.2) is 23.6 Å². The summed E-state index contributed by atoms with van der Waals surface area (Å²) < 4.78 is 5.15. The number of halogens is 2. The molecule has 5 nitrogen and oxygen atoms in total. The highest BCUT2D eigenvalue weighted by atomic mass is 35.5. The van der Waals surface area contributed by atoms with Crippen LogP contribution in [0.25, 0.3) is 11.3 Å². The number of methoxy groups -OCH3 is 1. The molecule has 1 aromatic heterocycles. The van der Waals surface area contributed by atoms with Gasteiger partial charge in [-0.15, -0.1) is 23.7 Å². The Morgan fingerprint density at radius 2 is 2.29 bits per heavy atom. The van der Waals surface area contributed by atoms with Crippen molar-refractivity contribution in [3.63, 3.8) is 0 Å². The first-order valence-electron chi connectivity index (χ1n) is 7.51. The molecule has 1 amide bonds. The molecule has 2 aromatic rings. The van der Waals surface area contributed by atoms with E-state index in [9.17, 15) is 4.79 Å². The first kappa shape index (κ1) is 19.0. The lowest BCUT2D eigenvalue weighted by Gasteiger charge is -2.21. The van der Waals surface area contributed by atoms with Gasteiger partial charge in [-0.25, -0.2) is 4.98 Å². The summed E-state index contributed by atoms with van der Waals surface area (Å²) in [5.41, 5.74) is 1.68. The van der Waals surface area contributed by atoms with Crippen LogP contribution in [0.3, 0.4) is 0 Å². The number of anilines is 1. The molecule has 0 radical (unpaired) electrons. The lowest BCUT2D eigenvalue weighted by molar-refractivity contribution is -0.118. The molecule has 1 fully saturated rings. The van der Waals surface area contributed by atoms with Gasteiger partial charge in [-0.3, -0.25) is 4.79 Å². The number of ether oxygens (including phenoxy) is 1. The zero-order valence-corrected chi connectivity index (χ0v) is 15.6. The van der Waals surface area contributed by atoms with E-state index >= 15 is 0 Å². The van der Waals surface area contributed by atoms with Gasteiger partial charge in [-0.05, 0) is 37.6 Å². The molecule has 1 aliphatic heterocycles. The number of piperidine rings is 1. The Morgan fingerprint density at radius 1 is 1.46 bits per heavy atom. The molecular weight excluding hydrogens is 369 g/mol. The van der Waals surface area contributed by atoms with E-state index in [1.54, 1.807) is 13.2 Å². The van der Waals surface area contributed by atoms with Gasteiger partial charge in [0.1, 0.15) is 5.75 Å². The van der Waals surface area contributed by atoms with Gasteiger partial charge >= 0.3 is 0 Å². The van der Waals surface area contributed by atoms with Gasteiger partial charge in [0.05, 0.1) is 23.9 Å².